The zero-order chi connectivity index (χ0) is 16.2. The third-order valence-electron chi connectivity index (χ3n) is 4.51. The maximum atomic E-state index is 5.92. The maximum Gasteiger partial charge on any atom is 0.192 e. The second-order valence-electron chi connectivity index (χ2n) is 6.95. The molecule has 0 spiro atoms. The van der Waals surface area contributed by atoms with E-state index in [0.717, 1.165) is 31.3 Å². The Morgan fingerprint density at radius 2 is 2.29 bits per heavy atom. The Morgan fingerprint density at radius 1 is 1.46 bits per heavy atom. The van der Waals surface area contributed by atoms with E-state index < -0.39 is 0 Å². The molecule has 136 valence electrons. The number of hydrogen-bond acceptors (Lipinski definition) is 3. The van der Waals surface area contributed by atoms with Gasteiger partial charge in [0.2, 0.25) is 0 Å². The Hall–Kier alpha value is -0.830. The van der Waals surface area contributed by atoms with Crippen LogP contribution < -0.4 is 10.6 Å². The molecule has 3 rings (SSSR count). The van der Waals surface area contributed by atoms with Crippen LogP contribution in [0.5, 0.6) is 0 Å². The molecule has 2 N–H and O–H groups in total. The molecule has 0 amide bonds. The van der Waals surface area contributed by atoms with Crippen molar-refractivity contribution < 1.29 is 4.74 Å². The van der Waals surface area contributed by atoms with Gasteiger partial charge in [-0.3, -0.25) is 0 Å². The highest BCUT2D eigenvalue weighted by molar-refractivity contribution is 14.0. The zero-order valence-electron chi connectivity index (χ0n) is 14.9. The first-order valence-electron chi connectivity index (χ1n) is 8.86. The molecule has 0 saturated carbocycles. The lowest BCUT2D eigenvalue weighted by atomic mass is 9.96. The predicted molar refractivity (Wildman–Crippen MR) is 107 cm³/mol. The van der Waals surface area contributed by atoms with Crippen molar-refractivity contribution in [3.8, 4) is 0 Å². The summed E-state index contributed by atoms with van der Waals surface area (Å²) in [5, 5.41) is 6.89. The molecule has 1 aromatic heterocycles. The summed E-state index contributed by atoms with van der Waals surface area (Å²) in [4.78, 5) is 9.17. The fourth-order valence-corrected chi connectivity index (χ4v) is 3.49. The normalized spacial score (nSPS) is 25.8. The number of halogens is 1. The Labute approximate surface area is 161 Å². The molecule has 7 heteroatoms. The van der Waals surface area contributed by atoms with Crippen LogP contribution >= 0.6 is 24.0 Å². The van der Waals surface area contributed by atoms with Crippen LogP contribution in [-0.4, -0.2) is 40.3 Å². The first kappa shape index (κ1) is 19.5. The van der Waals surface area contributed by atoms with Crippen LogP contribution in [0, 0.1) is 5.92 Å². The van der Waals surface area contributed by atoms with E-state index in [1.807, 2.05) is 12.4 Å². The Balaban J connectivity index is 0.00000208. The van der Waals surface area contributed by atoms with Crippen LogP contribution in [0.3, 0.4) is 0 Å². The summed E-state index contributed by atoms with van der Waals surface area (Å²) >= 11 is 0. The number of fused-ring (bicyclic) bond motifs is 2. The Bertz CT molecular complexity index is 545. The third-order valence-corrected chi connectivity index (χ3v) is 4.51. The number of aromatic nitrogens is 2. The average molecular weight is 447 g/mol. The lowest BCUT2D eigenvalue weighted by Gasteiger charge is -2.22. The van der Waals surface area contributed by atoms with Gasteiger partial charge in [-0.25, -0.2) is 9.98 Å². The molecule has 2 saturated heterocycles. The summed E-state index contributed by atoms with van der Waals surface area (Å²) in [7, 11) is 0. The highest BCUT2D eigenvalue weighted by Crippen LogP contribution is 2.34. The van der Waals surface area contributed by atoms with Gasteiger partial charge in [-0.15, -0.1) is 24.0 Å². The quantitative estimate of drug-likeness (QED) is 0.400. The van der Waals surface area contributed by atoms with Gasteiger partial charge < -0.3 is 19.9 Å². The molecule has 3 atom stereocenters. The van der Waals surface area contributed by atoms with Crippen molar-refractivity contribution in [2.24, 2.45) is 10.9 Å². The first-order chi connectivity index (χ1) is 11.2. The standard InChI is InChI=1S/C17H29N5O.HI/c1-4-18-17(21-14-9-13-5-6-15(14)23-13)20-10-16-19-7-8-22(16)11-12(2)3;/h7-8,12-15H,4-6,9-11H2,1-3H3,(H2,18,20,21);1H. The second kappa shape index (κ2) is 9.03. The molecule has 2 bridgehead atoms. The van der Waals surface area contributed by atoms with E-state index in [4.69, 9.17) is 9.73 Å². The molecule has 3 unspecified atom stereocenters. The summed E-state index contributed by atoms with van der Waals surface area (Å²) < 4.78 is 8.11. The van der Waals surface area contributed by atoms with Crippen LogP contribution in [0.1, 0.15) is 45.9 Å². The number of ether oxygens (including phenoxy) is 1. The number of rotatable bonds is 6. The molecule has 0 aromatic carbocycles. The molecular weight excluding hydrogens is 417 g/mol. The van der Waals surface area contributed by atoms with Gasteiger partial charge >= 0.3 is 0 Å². The van der Waals surface area contributed by atoms with Crippen LogP contribution in [0.25, 0.3) is 0 Å². The summed E-state index contributed by atoms with van der Waals surface area (Å²) in [5.74, 6) is 2.48. The minimum absolute atomic E-state index is 0. The summed E-state index contributed by atoms with van der Waals surface area (Å²) in [6.45, 7) is 8.95. The lowest BCUT2D eigenvalue weighted by molar-refractivity contribution is 0.0992. The van der Waals surface area contributed by atoms with Crippen molar-refractivity contribution in [2.45, 2.75) is 71.4 Å². The molecule has 2 aliphatic heterocycles. The summed E-state index contributed by atoms with van der Waals surface area (Å²) in [6, 6.07) is 0.391. The van der Waals surface area contributed by atoms with E-state index in [1.165, 1.54) is 12.8 Å². The molecule has 0 radical (unpaired) electrons. The van der Waals surface area contributed by atoms with E-state index in [1.54, 1.807) is 0 Å². The number of hydrogen-bond donors (Lipinski definition) is 2. The van der Waals surface area contributed by atoms with Gasteiger partial charge in [0.25, 0.3) is 0 Å². The van der Waals surface area contributed by atoms with Gasteiger partial charge in [0.05, 0.1) is 18.2 Å². The number of imidazole rings is 1. The van der Waals surface area contributed by atoms with Crippen molar-refractivity contribution in [3.05, 3.63) is 18.2 Å². The molecule has 0 aliphatic carbocycles. The largest absolute Gasteiger partial charge is 0.373 e. The SMILES string of the molecule is CCNC(=NCc1nccn1CC(C)C)NC1CC2CCC1O2.I. The molecule has 24 heavy (non-hydrogen) atoms. The molecule has 2 fully saturated rings. The number of aliphatic imine (C=N–C) groups is 1. The summed E-state index contributed by atoms with van der Waals surface area (Å²) in [5.41, 5.74) is 0. The van der Waals surface area contributed by atoms with Crippen LogP contribution in [0.4, 0.5) is 0 Å². The number of guanidine groups is 1. The van der Waals surface area contributed by atoms with Crippen LogP contribution in [0.2, 0.25) is 0 Å². The first-order valence-corrected chi connectivity index (χ1v) is 8.86. The van der Waals surface area contributed by atoms with E-state index in [9.17, 15) is 0 Å². The van der Waals surface area contributed by atoms with Gasteiger partial charge in [-0.1, -0.05) is 13.8 Å². The van der Waals surface area contributed by atoms with Crippen molar-refractivity contribution in [1.29, 1.82) is 0 Å². The minimum Gasteiger partial charge on any atom is -0.373 e. The van der Waals surface area contributed by atoms with Gasteiger partial charge in [0, 0.05) is 25.5 Å². The van der Waals surface area contributed by atoms with E-state index in [-0.39, 0.29) is 24.0 Å². The molecule has 3 heterocycles. The lowest BCUT2D eigenvalue weighted by Crippen LogP contribution is -2.47. The summed E-state index contributed by atoms with van der Waals surface area (Å²) in [6.07, 6.45) is 8.17. The van der Waals surface area contributed by atoms with Crippen molar-refractivity contribution >= 4 is 29.9 Å². The molecule has 1 aromatic rings. The van der Waals surface area contributed by atoms with Crippen molar-refractivity contribution in [3.63, 3.8) is 0 Å². The molecule has 2 aliphatic rings. The van der Waals surface area contributed by atoms with Crippen molar-refractivity contribution in [2.75, 3.05) is 6.54 Å². The molecule has 6 nitrogen and oxygen atoms in total. The van der Waals surface area contributed by atoms with E-state index in [0.29, 0.717) is 30.7 Å². The third kappa shape index (κ3) is 4.84. The fourth-order valence-electron chi connectivity index (χ4n) is 3.49. The van der Waals surface area contributed by atoms with E-state index in [2.05, 4.69) is 41.0 Å². The smallest absolute Gasteiger partial charge is 0.192 e. The number of nitrogens with one attached hydrogen (secondary N) is 2. The van der Waals surface area contributed by atoms with Gasteiger partial charge in [-0.05, 0) is 32.1 Å². The highest BCUT2D eigenvalue weighted by Gasteiger charge is 2.41. The Kier molecular flexibility index (Phi) is 7.34. The number of nitrogens with zero attached hydrogens (tertiary/aromatic N) is 3. The molecular formula is C17H30IN5O. The topological polar surface area (TPSA) is 63.5 Å². The van der Waals surface area contributed by atoms with Crippen LogP contribution in [-0.2, 0) is 17.8 Å². The van der Waals surface area contributed by atoms with Gasteiger partial charge in [0.1, 0.15) is 12.4 Å². The average Bonchev–Trinajstić information content (AvgIpc) is 3.21. The van der Waals surface area contributed by atoms with Crippen molar-refractivity contribution in [1.82, 2.24) is 20.2 Å². The van der Waals surface area contributed by atoms with Crippen LogP contribution in [0.15, 0.2) is 17.4 Å². The maximum absolute atomic E-state index is 5.92. The van der Waals surface area contributed by atoms with Gasteiger partial charge in [0.15, 0.2) is 5.96 Å². The van der Waals surface area contributed by atoms with E-state index >= 15 is 0 Å². The highest BCUT2D eigenvalue weighted by atomic mass is 127. The predicted octanol–water partition coefficient (Wildman–Crippen LogP) is 2.53. The minimum atomic E-state index is 0. The fraction of sp³-hybridized carbons (Fsp3) is 0.765. The van der Waals surface area contributed by atoms with Gasteiger partial charge in [-0.2, -0.15) is 0 Å². The monoisotopic (exact) mass is 447 g/mol. The zero-order valence-corrected chi connectivity index (χ0v) is 17.2. The second-order valence-corrected chi connectivity index (χ2v) is 6.95. The Morgan fingerprint density at radius 3 is 2.92 bits per heavy atom.